The number of benzene rings is 1. The first-order valence-corrected chi connectivity index (χ1v) is 10.2. The summed E-state index contributed by atoms with van der Waals surface area (Å²) in [5.41, 5.74) is 0.895. The normalized spacial score (nSPS) is 15.4. The Morgan fingerprint density at radius 2 is 1.92 bits per heavy atom. The summed E-state index contributed by atoms with van der Waals surface area (Å²) in [6.45, 7) is 1.90. The van der Waals surface area contributed by atoms with Crippen molar-refractivity contribution in [3.8, 4) is 0 Å². The number of sulfone groups is 1. The molecule has 1 aliphatic rings. The molecule has 1 aromatic heterocycles. The van der Waals surface area contributed by atoms with E-state index in [1.807, 2.05) is 11.6 Å². The number of carbonyl (C=O) groups is 1. The highest BCUT2D eigenvalue weighted by Crippen LogP contribution is 2.32. The van der Waals surface area contributed by atoms with E-state index in [2.05, 4.69) is 10.4 Å². The fraction of sp³-hybridized carbons (Fsp3) is 0.444. The Balaban J connectivity index is 1.65. The predicted octanol–water partition coefficient (Wildman–Crippen LogP) is 3.11. The molecule has 3 rings (SSSR count). The molecule has 0 unspecified atom stereocenters. The lowest BCUT2D eigenvalue weighted by Gasteiger charge is -2.15. The SMILES string of the molecule is Cc1cnn(C2CCCC2)c1NC(=O)CCS(=O)(=O)c1ccccc1. The van der Waals surface area contributed by atoms with E-state index in [4.69, 9.17) is 0 Å². The highest BCUT2D eigenvalue weighted by Gasteiger charge is 2.23. The van der Waals surface area contributed by atoms with E-state index in [1.165, 1.54) is 12.8 Å². The summed E-state index contributed by atoms with van der Waals surface area (Å²) in [5.74, 6) is 0.177. The Kier molecular flexibility index (Phi) is 5.22. The molecule has 25 heavy (non-hydrogen) atoms. The predicted molar refractivity (Wildman–Crippen MR) is 96.2 cm³/mol. The average Bonchev–Trinajstić information content (AvgIpc) is 3.25. The lowest BCUT2D eigenvalue weighted by Crippen LogP contribution is -2.21. The Hall–Kier alpha value is -2.15. The number of amides is 1. The summed E-state index contributed by atoms with van der Waals surface area (Å²) in [6, 6.07) is 8.53. The maximum atomic E-state index is 12.3. The van der Waals surface area contributed by atoms with Crippen LogP contribution in [0.5, 0.6) is 0 Å². The van der Waals surface area contributed by atoms with Crippen LogP contribution in [-0.4, -0.2) is 29.9 Å². The highest BCUT2D eigenvalue weighted by atomic mass is 32.2. The van der Waals surface area contributed by atoms with Gasteiger partial charge in [0.15, 0.2) is 9.84 Å². The first kappa shape index (κ1) is 17.7. The number of nitrogens with one attached hydrogen (secondary N) is 1. The Morgan fingerprint density at radius 3 is 2.60 bits per heavy atom. The first-order chi connectivity index (χ1) is 12.0. The minimum atomic E-state index is -3.45. The molecule has 0 spiro atoms. The summed E-state index contributed by atoms with van der Waals surface area (Å²) < 4.78 is 26.4. The zero-order valence-corrected chi connectivity index (χ0v) is 15.1. The van der Waals surface area contributed by atoms with Crippen LogP contribution in [0.15, 0.2) is 41.4 Å². The summed E-state index contributed by atoms with van der Waals surface area (Å²) in [7, 11) is -3.45. The smallest absolute Gasteiger partial charge is 0.226 e. The standard InChI is InChI=1S/C18H23N3O3S/c1-14-13-19-21(15-7-5-6-8-15)18(14)20-17(22)11-12-25(23,24)16-9-3-2-4-10-16/h2-4,9-10,13,15H,5-8,11-12H2,1H3,(H,20,22). The maximum absolute atomic E-state index is 12.3. The molecular formula is C18H23N3O3S. The van der Waals surface area contributed by atoms with Gasteiger partial charge in [0.25, 0.3) is 0 Å². The monoisotopic (exact) mass is 361 g/mol. The van der Waals surface area contributed by atoms with Crippen LogP contribution in [0.3, 0.4) is 0 Å². The molecule has 1 amide bonds. The van der Waals surface area contributed by atoms with Crippen molar-refractivity contribution >= 4 is 21.6 Å². The van der Waals surface area contributed by atoms with Crippen LogP contribution in [-0.2, 0) is 14.6 Å². The van der Waals surface area contributed by atoms with Crippen LogP contribution in [0, 0.1) is 6.92 Å². The van der Waals surface area contributed by atoms with Gasteiger partial charge in [0.2, 0.25) is 5.91 Å². The quantitative estimate of drug-likeness (QED) is 0.857. The van der Waals surface area contributed by atoms with Crippen molar-refractivity contribution in [3.63, 3.8) is 0 Å². The lowest BCUT2D eigenvalue weighted by molar-refractivity contribution is -0.115. The van der Waals surface area contributed by atoms with Crippen molar-refractivity contribution in [3.05, 3.63) is 42.1 Å². The van der Waals surface area contributed by atoms with Crippen molar-refractivity contribution in [2.24, 2.45) is 0 Å². The molecule has 2 aromatic rings. The molecule has 1 aromatic carbocycles. The van der Waals surface area contributed by atoms with Gasteiger partial charge in [-0.1, -0.05) is 31.0 Å². The number of carbonyl (C=O) groups excluding carboxylic acids is 1. The van der Waals surface area contributed by atoms with Crippen molar-refractivity contribution < 1.29 is 13.2 Å². The molecule has 0 aliphatic heterocycles. The third kappa shape index (κ3) is 4.10. The molecule has 1 heterocycles. The van der Waals surface area contributed by atoms with E-state index in [-0.39, 0.29) is 23.0 Å². The second-order valence-electron chi connectivity index (χ2n) is 6.49. The number of aromatic nitrogens is 2. The zero-order valence-electron chi connectivity index (χ0n) is 14.3. The van der Waals surface area contributed by atoms with Crippen molar-refractivity contribution in [2.45, 2.75) is 50.0 Å². The van der Waals surface area contributed by atoms with Crippen molar-refractivity contribution in [1.29, 1.82) is 0 Å². The maximum Gasteiger partial charge on any atom is 0.226 e. The van der Waals surface area contributed by atoms with E-state index < -0.39 is 9.84 Å². The molecule has 1 fully saturated rings. The number of hydrogen-bond donors (Lipinski definition) is 1. The van der Waals surface area contributed by atoms with Gasteiger partial charge < -0.3 is 5.32 Å². The zero-order chi connectivity index (χ0) is 17.9. The third-order valence-corrected chi connectivity index (χ3v) is 6.34. The van der Waals surface area contributed by atoms with E-state index in [0.717, 1.165) is 18.4 Å². The fourth-order valence-corrected chi connectivity index (χ4v) is 4.46. The van der Waals surface area contributed by atoms with Gasteiger partial charge in [-0.25, -0.2) is 13.1 Å². The molecule has 1 saturated carbocycles. The number of hydrogen-bond acceptors (Lipinski definition) is 4. The molecule has 0 radical (unpaired) electrons. The van der Waals surface area contributed by atoms with Crippen LogP contribution in [0.1, 0.15) is 43.7 Å². The molecule has 1 N–H and O–H groups in total. The summed E-state index contributed by atoms with van der Waals surface area (Å²) in [6.07, 6.45) is 6.14. The van der Waals surface area contributed by atoms with Gasteiger partial charge in [0, 0.05) is 12.0 Å². The lowest BCUT2D eigenvalue weighted by atomic mass is 10.2. The second kappa shape index (κ2) is 7.39. The van der Waals surface area contributed by atoms with Gasteiger partial charge in [0.05, 0.1) is 22.9 Å². The Bertz CT molecular complexity index is 838. The summed E-state index contributed by atoms with van der Waals surface area (Å²) >= 11 is 0. The van der Waals surface area contributed by atoms with E-state index in [9.17, 15) is 13.2 Å². The van der Waals surface area contributed by atoms with Crippen LogP contribution in [0.25, 0.3) is 0 Å². The van der Waals surface area contributed by atoms with Gasteiger partial charge in [-0.15, -0.1) is 0 Å². The minimum Gasteiger partial charge on any atom is -0.311 e. The number of rotatable bonds is 6. The summed E-state index contributed by atoms with van der Waals surface area (Å²) in [4.78, 5) is 12.5. The fourth-order valence-electron chi connectivity index (χ4n) is 3.20. The van der Waals surface area contributed by atoms with Gasteiger partial charge in [-0.2, -0.15) is 5.10 Å². The first-order valence-electron chi connectivity index (χ1n) is 8.59. The summed E-state index contributed by atoms with van der Waals surface area (Å²) in [5, 5.41) is 7.25. The molecule has 0 bridgehead atoms. The highest BCUT2D eigenvalue weighted by molar-refractivity contribution is 7.91. The number of anilines is 1. The molecular weight excluding hydrogens is 338 g/mol. The van der Waals surface area contributed by atoms with Crippen molar-refractivity contribution in [1.82, 2.24) is 9.78 Å². The molecule has 6 nitrogen and oxygen atoms in total. The molecule has 134 valence electrons. The molecule has 1 aliphatic carbocycles. The van der Waals surface area contributed by atoms with Crippen LogP contribution >= 0.6 is 0 Å². The molecule has 0 saturated heterocycles. The van der Waals surface area contributed by atoms with E-state index >= 15 is 0 Å². The third-order valence-electron chi connectivity index (χ3n) is 4.61. The van der Waals surface area contributed by atoms with Crippen LogP contribution in [0.2, 0.25) is 0 Å². The topological polar surface area (TPSA) is 81.1 Å². The van der Waals surface area contributed by atoms with E-state index in [0.29, 0.717) is 11.9 Å². The van der Waals surface area contributed by atoms with Gasteiger partial charge in [-0.05, 0) is 31.9 Å². The largest absolute Gasteiger partial charge is 0.311 e. The van der Waals surface area contributed by atoms with Gasteiger partial charge in [-0.3, -0.25) is 4.79 Å². The van der Waals surface area contributed by atoms with Crippen molar-refractivity contribution in [2.75, 3.05) is 11.1 Å². The second-order valence-corrected chi connectivity index (χ2v) is 8.60. The Morgan fingerprint density at radius 1 is 1.24 bits per heavy atom. The average molecular weight is 361 g/mol. The molecule has 0 atom stereocenters. The Labute approximate surface area is 148 Å². The van der Waals surface area contributed by atoms with Crippen LogP contribution in [0.4, 0.5) is 5.82 Å². The van der Waals surface area contributed by atoms with Gasteiger partial charge >= 0.3 is 0 Å². The number of aryl methyl sites for hydroxylation is 1. The minimum absolute atomic E-state index is 0.0769. The van der Waals surface area contributed by atoms with E-state index in [1.54, 1.807) is 36.5 Å². The number of nitrogens with zero attached hydrogens (tertiary/aromatic N) is 2. The molecule has 7 heteroatoms. The van der Waals surface area contributed by atoms with Crippen LogP contribution < -0.4 is 5.32 Å². The van der Waals surface area contributed by atoms with Gasteiger partial charge in [0.1, 0.15) is 5.82 Å².